The molecule has 1 spiro atoms. The number of fused-ring (bicyclic) bond motifs is 2. The number of rotatable bonds is 3. The molecule has 2 aliphatic rings. The van der Waals surface area contributed by atoms with Gasteiger partial charge in [-0.2, -0.15) is 0 Å². The highest BCUT2D eigenvalue weighted by Crippen LogP contribution is 2.43. The predicted molar refractivity (Wildman–Crippen MR) is 107 cm³/mol. The molecule has 148 valence electrons. The molecule has 0 atom stereocenters. The van der Waals surface area contributed by atoms with Crippen molar-refractivity contribution in [1.29, 1.82) is 0 Å². The number of aryl methyl sites for hydroxylation is 2. The first-order valence-corrected chi connectivity index (χ1v) is 9.97. The van der Waals surface area contributed by atoms with Crippen LogP contribution in [0.3, 0.4) is 0 Å². The van der Waals surface area contributed by atoms with Gasteiger partial charge in [0.25, 0.3) is 5.91 Å². The van der Waals surface area contributed by atoms with E-state index in [0.717, 1.165) is 60.9 Å². The van der Waals surface area contributed by atoms with E-state index in [1.54, 1.807) is 16.2 Å². The lowest BCUT2D eigenvalue weighted by Gasteiger charge is -2.40. The fourth-order valence-corrected chi connectivity index (χ4v) is 5.22. The number of aromatic nitrogens is 1. The molecule has 1 fully saturated rings. The van der Waals surface area contributed by atoms with Crippen molar-refractivity contribution in [1.82, 2.24) is 15.4 Å². The Bertz CT molecular complexity index is 807. The summed E-state index contributed by atoms with van der Waals surface area (Å²) in [5, 5.41) is 7.38. The second-order valence-electron chi connectivity index (χ2n) is 7.25. The van der Waals surface area contributed by atoms with Gasteiger partial charge in [0.2, 0.25) is 0 Å². The highest BCUT2D eigenvalue weighted by Gasteiger charge is 2.40. The summed E-state index contributed by atoms with van der Waals surface area (Å²) >= 11 is 1.63. The molecule has 6 nitrogen and oxygen atoms in total. The molecule has 4 heterocycles. The zero-order valence-corrected chi connectivity index (χ0v) is 17.6. The first kappa shape index (κ1) is 20.3. The Hall–Kier alpha value is -1.41. The molecule has 0 radical (unpaired) electrons. The molecule has 0 aliphatic carbocycles. The van der Waals surface area contributed by atoms with E-state index in [2.05, 4.69) is 16.5 Å². The second kappa shape index (κ2) is 7.91. The number of carbonyl (C=O) groups excluding carboxylic acids is 1. The van der Waals surface area contributed by atoms with Crippen molar-refractivity contribution >= 4 is 29.7 Å². The first-order chi connectivity index (χ1) is 12.5. The minimum Gasteiger partial charge on any atom is -0.370 e. The summed E-state index contributed by atoms with van der Waals surface area (Å²) in [7, 11) is 1.84. The molecule has 2 aromatic heterocycles. The first-order valence-electron chi connectivity index (χ1n) is 9.15. The predicted octanol–water partition coefficient (Wildman–Crippen LogP) is 3.20. The molecule has 0 unspecified atom stereocenters. The molecule has 0 saturated carbocycles. The Balaban J connectivity index is 0.00000210. The van der Waals surface area contributed by atoms with Crippen LogP contribution in [0.2, 0.25) is 0 Å². The van der Waals surface area contributed by atoms with Gasteiger partial charge >= 0.3 is 0 Å². The van der Waals surface area contributed by atoms with E-state index in [1.165, 1.54) is 10.4 Å². The van der Waals surface area contributed by atoms with Gasteiger partial charge in [-0.15, -0.1) is 23.7 Å². The molecule has 1 amide bonds. The van der Waals surface area contributed by atoms with Crippen molar-refractivity contribution in [3.63, 3.8) is 0 Å². The van der Waals surface area contributed by atoms with Crippen LogP contribution in [-0.2, 0) is 23.3 Å². The Kier molecular flexibility index (Phi) is 5.96. The van der Waals surface area contributed by atoms with Crippen LogP contribution in [-0.4, -0.2) is 42.7 Å². The number of nitrogens with zero attached hydrogens (tertiary/aromatic N) is 2. The lowest BCUT2D eigenvalue weighted by atomic mass is 9.83. The molecule has 27 heavy (non-hydrogen) atoms. The maximum atomic E-state index is 13.0. The summed E-state index contributed by atoms with van der Waals surface area (Å²) in [5.74, 6) is 0.822. The summed E-state index contributed by atoms with van der Waals surface area (Å²) in [4.78, 5) is 16.9. The Morgan fingerprint density at radius 3 is 2.78 bits per heavy atom. The normalized spacial score (nSPS) is 18.0. The SMILES string of the molecule is Cc1noc(C)c1CN(C)C(=O)c1cc2c(s1)CCOC21CCNCC1.Cl. The number of thiophene rings is 1. The van der Waals surface area contributed by atoms with Crippen LogP contribution in [0, 0.1) is 13.8 Å². The van der Waals surface area contributed by atoms with Gasteiger partial charge in [-0.3, -0.25) is 4.79 Å². The van der Waals surface area contributed by atoms with Gasteiger partial charge < -0.3 is 19.5 Å². The van der Waals surface area contributed by atoms with Crippen LogP contribution < -0.4 is 5.32 Å². The van der Waals surface area contributed by atoms with Crippen LogP contribution in [0.5, 0.6) is 0 Å². The summed E-state index contributed by atoms with van der Waals surface area (Å²) in [6.45, 7) is 6.97. The number of amides is 1. The molecule has 0 bridgehead atoms. The van der Waals surface area contributed by atoms with E-state index in [4.69, 9.17) is 9.26 Å². The van der Waals surface area contributed by atoms with E-state index in [1.807, 2.05) is 20.9 Å². The van der Waals surface area contributed by atoms with E-state index in [0.29, 0.717) is 6.54 Å². The third-order valence-electron chi connectivity index (χ3n) is 5.55. The third-order valence-corrected chi connectivity index (χ3v) is 6.74. The van der Waals surface area contributed by atoms with Crippen molar-refractivity contribution in [2.45, 2.75) is 45.3 Å². The van der Waals surface area contributed by atoms with Gasteiger partial charge in [-0.25, -0.2) is 0 Å². The van der Waals surface area contributed by atoms with Crippen LogP contribution in [0.15, 0.2) is 10.6 Å². The van der Waals surface area contributed by atoms with E-state index >= 15 is 0 Å². The van der Waals surface area contributed by atoms with Crippen LogP contribution in [0.25, 0.3) is 0 Å². The number of carbonyl (C=O) groups is 1. The minimum atomic E-state index is -0.200. The molecule has 0 aromatic carbocycles. The molecule has 8 heteroatoms. The van der Waals surface area contributed by atoms with Gasteiger partial charge in [0.15, 0.2) is 0 Å². The Morgan fingerprint density at radius 2 is 2.11 bits per heavy atom. The summed E-state index contributed by atoms with van der Waals surface area (Å²) in [6, 6.07) is 2.08. The van der Waals surface area contributed by atoms with Crippen LogP contribution in [0.1, 0.15) is 50.0 Å². The smallest absolute Gasteiger partial charge is 0.263 e. The second-order valence-corrected chi connectivity index (χ2v) is 8.39. The molecule has 2 aromatic rings. The average Bonchev–Trinajstić information content (AvgIpc) is 3.22. The highest BCUT2D eigenvalue weighted by molar-refractivity contribution is 7.14. The molecular weight excluding hydrogens is 386 g/mol. The van der Waals surface area contributed by atoms with E-state index in [-0.39, 0.29) is 23.9 Å². The third kappa shape index (κ3) is 3.66. The van der Waals surface area contributed by atoms with Crippen molar-refractivity contribution in [2.24, 2.45) is 0 Å². The van der Waals surface area contributed by atoms with Crippen LogP contribution >= 0.6 is 23.7 Å². The average molecular weight is 412 g/mol. The van der Waals surface area contributed by atoms with Crippen molar-refractivity contribution in [3.8, 4) is 0 Å². The van der Waals surface area contributed by atoms with Gasteiger partial charge in [-0.05, 0) is 51.4 Å². The van der Waals surface area contributed by atoms with Crippen molar-refractivity contribution < 1.29 is 14.1 Å². The van der Waals surface area contributed by atoms with Crippen molar-refractivity contribution in [3.05, 3.63) is 38.4 Å². The van der Waals surface area contributed by atoms with Gasteiger partial charge in [-0.1, -0.05) is 5.16 Å². The van der Waals surface area contributed by atoms with Crippen LogP contribution in [0.4, 0.5) is 0 Å². The zero-order chi connectivity index (χ0) is 18.3. The van der Waals surface area contributed by atoms with Crippen molar-refractivity contribution in [2.75, 3.05) is 26.7 Å². The van der Waals surface area contributed by atoms with E-state index in [9.17, 15) is 4.79 Å². The minimum absolute atomic E-state index is 0. The quantitative estimate of drug-likeness (QED) is 0.840. The number of halogens is 1. The number of hydrogen-bond acceptors (Lipinski definition) is 6. The number of piperidine rings is 1. The summed E-state index contributed by atoms with van der Waals surface area (Å²) < 4.78 is 11.4. The summed E-state index contributed by atoms with van der Waals surface area (Å²) in [5.41, 5.74) is 2.87. The number of ether oxygens (including phenoxy) is 1. The fraction of sp³-hybridized carbons (Fsp3) is 0.579. The number of nitrogens with one attached hydrogen (secondary N) is 1. The molecular formula is C19H26ClN3O3S. The molecule has 1 saturated heterocycles. The lowest BCUT2D eigenvalue weighted by Crippen LogP contribution is -2.44. The summed E-state index contributed by atoms with van der Waals surface area (Å²) in [6.07, 6.45) is 2.84. The monoisotopic (exact) mass is 411 g/mol. The molecule has 2 aliphatic heterocycles. The van der Waals surface area contributed by atoms with E-state index < -0.39 is 0 Å². The standard InChI is InChI=1S/C19H25N3O3S.ClH/c1-12-14(13(2)25-21-12)11-22(3)18(23)17-10-15-16(26-17)4-9-24-19(15)5-7-20-8-6-19;/h10,20H,4-9,11H2,1-3H3;1H. The van der Waals surface area contributed by atoms with Gasteiger partial charge in [0, 0.05) is 23.9 Å². The lowest BCUT2D eigenvalue weighted by molar-refractivity contribution is -0.0792. The maximum absolute atomic E-state index is 13.0. The van der Waals surface area contributed by atoms with Gasteiger partial charge in [0.05, 0.1) is 29.3 Å². The molecule has 4 rings (SSSR count). The van der Waals surface area contributed by atoms with Gasteiger partial charge in [0.1, 0.15) is 5.76 Å². The highest BCUT2D eigenvalue weighted by atomic mass is 35.5. The number of hydrogen-bond donors (Lipinski definition) is 1. The fourth-order valence-electron chi connectivity index (χ4n) is 3.99. The molecule has 1 N–H and O–H groups in total. The maximum Gasteiger partial charge on any atom is 0.263 e. The Labute approximate surface area is 169 Å². The topological polar surface area (TPSA) is 67.6 Å². The zero-order valence-electron chi connectivity index (χ0n) is 16.0. The largest absolute Gasteiger partial charge is 0.370 e. The Morgan fingerprint density at radius 1 is 1.37 bits per heavy atom.